The van der Waals surface area contributed by atoms with Gasteiger partial charge in [0.2, 0.25) is 0 Å². The molecule has 0 radical (unpaired) electrons. The van der Waals surface area contributed by atoms with Gasteiger partial charge in [0.05, 0.1) is 6.33 Å². The Morgan fingerprint density at radius 2 is 2.20 bits per heavy atom. The summed E-state index contributed by atoms with van der Waals surface area (Å²) < 4.78 is 2.12. The zero-order valence-electron chi connectivity index (χ0n) is 9.60. The lowest BCUT2D eigenvalue weighted by molar-refractivity contribution is 0.246. The fraction of sp³-hybridized carbons (Fsp3) is 0.750. The van der Waals surface area contributed by atoms with Crippen molar-refractivity contribution >= 4 is 0 Å². The summed E-state index contributed by atoms with van der Waals surface area (Å²) in [6.07, 6.45) is 11.5. The van der Waals surface area contributed by atoms with E-state index < -0.39 is 0 Å². The lowest BCUT2D eigenvalue weighted by Gasteiger charge is -2.12. The quantitative estimate of drug-likeness (QED) is 0.669. The van der Waals surface area contributed by atoms with Crippen molar-refractivity contribution in [1.82, 2.24) is 9.55 Å². The maximum atomic E-state index is 8.86. The van der Waals surface area contributed by atoms with Gasteiger partial charge in [-0.25, -0.2) is 4.98 Å². The summed E-state index contributed by atoms with van der Waals surface area (Å²) in [5.41, 5.74) is 0. The Morgan fingerprint density at radius 1 is 1.33 bits per heavy atom. The number of aromatic nitrogens is 2. The highest BCUT2D eigenvalue weighted by atomic mass is 16.3. The van der Waals surface area contributed by atoms with Crippen LogP contribution in [0.15, 0.2) is 18.7 Å². The van der Waals surface area contributed by atoms with Crippen LogP contribution in [0.3, 0.4) is 0 Å². The van der Waals surface area contributed by atoms with Crippen molar-refractivity contribution in [1.29, 1.82) is 0 Å². The average molecular weight is 210 g/mol. The molecule has 1 rings (SSSR count). The lowest BCUT2D eigenvalue weighted by atomic mass is 9.96. The number of unbranched alkanes of at least 4 members (excludes halogenated alkanes) is 1. The van der Waals surface area contributed by atoms with Gasteiger partial charge in [0.25, 0.3) is 0 Å². The molecule has 3 heteroatoms. The number of hydrogen-bond donors (Lipinski definition) is 1. The van der Waals surface area contributed by atoms with Crippen molar-refractivity contribution in [2.24, 2.45) is 5.92 Å². The van der Waals surface area contributed by atoms with Crippen LogP contribution >= 0.6 is 0 Å². The fourth-order valence-corrected chi connectivity index (χ4v) is 1.88. The van der Waals surface area contributed by atoms with E-state index in [0.29, 0.717) is 12.5 Å². The van der Waals surface area contributed by atoms with Gasteiger partial charge in [-0.2, -0.15) is 0 Å². The van der Waals surface area contributed by atoms with Crippen LogP contribution in [0, 0.1) is 5.92 Å². The van der Waals surface area contributed by atoms with Gasteiger partial charge in [-0.05, 0) is 18.8 Å². The number of hydrogen-bond acceptors (Lipinski definition) is 2. The molecule has 1 aromatic rings. The predicted octanol–water partition coefficient (Wildman–Crippen LogP) is 2.46. The second-order valence-electron chi connectivity index (χ2n) is 4.08. The average Bonchev–Trinajstić information content (AvgIpc) is 2.75. The number of aliphatic hydroxyl groups excluding tert-OH is 1. The van der Waals surface area contributed by atoms with Crippen molar-refractivity contribution in [2.75, 3.05) is 6.61 Å². The normalized spacial score (nSPS) is 12.9. The third kappa shape index (κ3) is 4.98. The van der Waals surface area contributed by atoms with Crippen molar-refractivity contribution in [3.8, 4) is 0 Å². The van der Waals surface area contributed by atoms with E-state index in [1.807, 2.05) is 18.7 Å². The number of nitrogens with zero attached hydrogens (tertiary/aromatic N) is 2. The monoisotopic (exact) mass is 210 g/mol. The molecule has 1 heterocycles. The van der Waals surface area contributed by atoms with E-state index in [9.17, 15) is 0 Å². The van der Waals surface area contributed by atoms with Crippen LogP contribution in [0.25, 0.3) is 0 Å². The van der Waals surface area contributed by atoms with Crippen LogP contribution in [0.1, 0.15) is 39.0 Å². The molecule has 0 saturated heterocycles. The SMILES string of the molecule is CC[C@@H](CCO)CCCCn1ccnc1. The van der Waals surface area contributed by atoms with Crippen molar-refractivity contribution < 1.29 is 5.11 Å². The Morgan fingerprint density at radius 3 is 2.80 bits per heavy atom. The Kier molecular flexibility index (Phi) is 6.09. The molecule has 1 N–H and O–H groups in total. The van der Waals surface area contributed by atoms with Gasteiger partial charge < -0.3 is 9.67 Å². The molecule has 0 aromatic carbocycles. The Balaban J connectivity index is 2.05. The first kappa shape index (κ1) is 12.2. The van der Waals surface area contributed by atoms with E-state index in [-0.39, 0.29) is 0 Å². The molecule has 0 fully saturated rings. The molecule has 0 unspecified atom stereocenters. The second-order valence-corrected chi connectivity index (χ2v) is 4.08. The third-order valence-electron chi connectivity index (χ3n) is 2.95. The topological polar surface area (TPSA) is 38.0 Å². The largest absolute Gasteiger partial charge is 0.396 e. The molecule has 3 nitrogen and oxygen atoms in total. The minimum atomic E-state index is 0.333. The molecule has 0 aliphatic carbocycles. The van der Waals surface area contributed by atoms with Crippen molar-refractivity contribution in [3.63, 3.8) is 0 Å². The van der Waals surface area contributed by atoms with E-state index in [1.54, 1.807) is 0 Å². The minimum absolute atomic E-state index is 0.333. The van der Waals surface area contributed by atoms with E-state index in [2.05, 4.69) is 16.5 Å². The van der Waals surface area contributed by atoms with Crippen LogP contribution in [-0.4, -0.2) is 21.3 Å². The zero-order valence-corrected chi connectivity index (χ0v) is 9.60. The Bertz CT molecular complexity index is 234. The number of aliphatic hydroxyl groups is 1. The van der Waals surface area contributed by atoms with Gasteiger partial charge in [-0.1, -0.05) is 26.2 Å². The number of aryl methyl sites for hydroxylation is 1. The molecule has 1 aromatic heterocycles. The first-order valence-electron chi connectivity index (χ1n) is 5.93. The number of imidazole rings is 1. The summed E-state index contributed by atoms with van der Waals surface area (Å²) in [6.45, 7) is 3.60. The van der Waals surface area contributed by atoms with Gasteiger partial charge in [-0.3, -0.25) is 0 Å². The molecule has 0 bridgehead atoms. The number of rotatable bonds is 8. The van der Waals surface area contributed by atoms with Crippen LogP contribution in [-0.2, 0) is 6.54 Å². The summed E-state index contributed by atoms with van der Waals surface area (Å²) in [5, 5.41) is 8.86. The van der Waals surface area contributed by atoms with Gasteiger partial charge in [0.1, 0.15) is 0 Å². The molecule has 0 amide bonds. The van der Waals surface area contributed by atoms with E-state index in [1.165, 1.54) is 25.7 Å². The summed E-state index contributed by atoms with van der Waals surface area (Å²) in [6, 6.07) is 0. The highest BCUT2D eigenvalue weighted by Crippen LogP contribution is 2.16. The highest BCUT2D eigenvalue weighted by molar-refractivity contribution is 4.73. The molecule has 15 heavy (non-hydrogen) atoms. The molecule has 0 spiro atoms. The third-order valence-corrected chi connectivity index (χ3v) is 2.95. The standard InChI is InChI=1S/C12H22N2O/c1-2-12(6-10-15)5-3-4-8-14-9-7-13-11-14/h7,9,11-12,15H,2-6,8,10H2,1H3/t12-/m1/s1. The first-order valence-corrected chi connectivity index (χ1v) is 5.93. The van der Waals surface area contributed by atoms with Gasteiger partial charge in [0.15, 0.2) is 0 Å². The maximum absolute atomic E-state index is 8.86. The predicted molar refractivity (Wildman–Crippen MR) is 61.6 cm³/mol. The van der Waals surface area contributed by atoms with E-state index in [0.717, 1.165) is 13.0 Å². The zero-order chi connectivity index (χ0) is 10.9. The van der Waals surface area contributed by atoms with Gasteiger partial charge in [-0.15, -0.1) is 0 Å². The molecule has 0 aliphatic rings. The molecular formula is C12H22N2O. The van der Waals surface area contributed by atoms with Gasteiger partial charge >= 0.3 is 0 Å². The fourth-order valence-electron chi connectivity index (χ4n) is 1.88. The van der Waals surface area contributed by atoms with Crippen LogP contribution in [0.2, 0.25) is 0 Å². The molecule has 0 saturated carbocycles. The van der Waals surface area contributed by atoms with Crippen molar-refractivity contribution in [2.45, 2.75) is 45.6 Å². The summed E-state index contributed by atoms with van der Waals surface area (Å²) in [5.74, 6) is 0.706. The maximum Gasteiger partial charge on any atom is 0.0945 e. The van der Waals surface area contributed by atoms with Crippen LogP contribution in [0.5, 0.6) is 0 Å². The first-order chi connectivity index (χ1) is 7.36. The molecular weight excluding hydrogens is 188 g/mol. The lowest BCUT2D eigenvalue weighted by Crippen LogP contribution is -2.03. The summed E-state index contributed by atoms with van der Waals surface area (Å²) >= 11 is 0. The smallest absolute Gasteiger partial charge is 0.0945 e. The van der Waals surface area contributed by atoms with E-state index in [4.69, 9.17) is 5.11 Å². The van der Waals surface area contributed by atoms with Crippen LogP contribution < -0.4 is 0 Å². The van der Waals surface area contributed by atoms with Crippen molar-refractivity contribution in [3.05, 3.63) is 18.7 Å². The van der Waals surface area contributed by atoms with E-state index >= 15 is 0 Å². The Labute approximate surface area is 92.1 Å². The summed E-state index contributed by atoms with van der Waals surface area (Å²) in [4.78, 5) is 4.01. The van der Waals surface area contributed by atoms with Gasteiger partial charge in [0, 0.05) is 25.5 Å². The molecule has 86 valence electrons. The molecule has 0 aliphatic heterocycles. The second kappa shape index (κ2) is 7.46. The van der Waals surface area contributed by atoms with Crippen LogP contribution in [0.4, 0.5) is 0 Å². The Hall–Kier alpha value is -0.830. The highest BCUT2D eigenvalue weighted by Gasteiger charge is 2.04. The molecule has 1 atom stereocenters. The summed E-state index contributed by atoms with van der Waals surface area (Å²) in [7, 11) is 0. The minimum Gasteiger partial charge on any atom is -0.396 e.